The van der Waals surface area contributed by atoms with Crippen molar-refractivity contribution in [3.05, 3.63) is 33.9 Å². The summed E-state index contributed by atoms with van der Waals surface area (Å²) >= 11 is 2.08. The molecule has 0 heterocycles. The second-order valence-corrected chi connectivity index (χ2v) is 3.69. The molecule has 1 N–H and O–H groups in total. The van der Waals surface area contributed by atoms with E-state index in [0.717, 1.165) is 10.2 Å². The first kappa shape index (κ1) is 10.5. The summed E-state index contributed by atoms with van der Waals surface area (Å²) < 4.78 is 5.76. The minimum absolute atomic E-state index is 0.370. The number of carbonyl (C=O) groups excluding carboxylic acids is 1. The highest BCUT2D eigenvalue weighted by Gasteiger charge is 2.02. The zero-order valence-corrected chi connectivity index (χ0v) is 9.11. The van der Waals surface area contributed by atoms with Crippen LogP contribution in [0.5, 0.6) is 5.75 Å². The number of halogens is 1. The molecule has 13 heavy (non-hydrogen) atoms. The highest BCUT2D eigenvalue weighted by molar-refractivity contribution is 14.1. The molecule has 1 radical (unpaired) electrons. The first-order valence-corrected chi connectivity index (χ1v) is 4.66. The van der Waals surface area contributed by atoms with Gasteiger partial charge in [-0.15, -0.1) is 0 Å². The smallest absolute Gasteiger partial charge is 0.308 e. The Kier molecular flexibility index (Phi) is 3.68. The maximum absolute atomic E-state index is 10.6. The third-order valence-corrected chi connectivity index (χ3v) is 1.93. The second-order valence-electron chi connectivity index (χ2n) is 2.44. The quantitative estimate of drug-likeness (QED) is 0.515. The van der Waals surface area contributed by atoms with Gasteiger partial charge in [0.15, 0.2) is 0 Å². The van der Waals surface area contributed by atoms with Gasteiger partial charge >= 0.3 is 5.97 Å². The van der Waals surface area contributed by atoms with E-state index in [1.54, 1.807) is 18.2 Å². The maximum atomic E-state index is 10.6. The summed E-state index contributed by atoms with van der Waals surface area (Å²) in [4.78, 5) is 10.6. The van der Waals surface area contributed by atoms with Crippen molar-refractivity contribution in [3.63, 3.8) is 0 Å². The number of aliphatic hydroxyl groups is 1. The number of hydrogen-bond acceptors (Lipinski definition) is 3. The fraction of sp³-hybridized carbons (Fsp3) is 0.111. The molecule has 1 rings (SSSR count). The molecule has 0 aliphatic carbocycles. The van der Waals surface area contributed by atoms with Crippen molar-refractivity contribution in [1.82, 2.24) is 0 Å². The minimum atomic E-state index is -0.370. The van der Waals surface area contributed by atoms with E-state index in [9.17, 15) is 4.79 Å². The van der Waals surface area contributed by atoms with Crippen molar-refractivity contribution in [3.8, 4) is 5.75 Å². The molecule has 0 aliphatic heterocycles. The van der Waals surface area contributed by atoms with E-state index in [2.05, 4.69) is 22.6 Å². The molecule has 0 unspecified atom stereocenters. The van der Waals surface area contributed by atoms with Crippen LogP contribution >= 0.6 is 22.6 Å². The molecule has 1 aromatic carbocycles. The number of aliphatic hydroxyl groups excluding tert-OH is 1. The lowest BCUT2D eigenvalue weighted by Gasteiger charge is -2.03. The van der Waals surface area contributed by atoms with Crippen LogP contribution in [-0.4, -0.2) is 11.1 Å². The van der Waals surface area contributed by atoms with Crippen molar-refractivity contribution in [2.45, 2.75) is 6.92 Å². The number of ether oxygens (including phenoxy) is 1. The predicted molar refractivity (Wildman–Crippen MR) is 55.8 cm³/mol. The monoisotopic (exact) mass is 291 g/mol. The van der Waals surface area contributed by atoms with Gasteiger partial charge in [-0.3, -0.25) is 4.79 Å². The number of esters is 1. The van der Waals surface area contributed by atoms with Gasteiger partial charge in [0.25, 0.3) is 0 Å². The Bertz CT molecular complexity index is 323. The lowest BCUT2D eigenvalue weighted by molar-refractivity contribution is -0.131. The van der Waals surface area contributed by atoms with Crippen LogP contribution in [-0.2, 0) is 4.79 Å². The van der Waals surface area contributed by atoms with Crippen LogP contribution in [0, 0.1) is 10.2 Å². The number of rotatable bonds is 2. The first-order chi connectivity index (χ1) is 6.11. The summed E-state index contributed by atoms with van der Waals surface area (Å²) in [5, 5.41) is 8.75. The second kappa shape index (κ2) is 4.57. The van der Waals surface area contributed by atoms with Crippen LogP contribution in [0.1, 0.15) is 12.5 Å². The summed E-state index contributed by atoms with van der Waals surface area (Å²) in [6.45, 7) is 2.30. The summed E-state index contributed by atoms with van der Waals surface area (Å²) in [5.74, 6) is 0.0746. The van der Waals surface area contributed by atoms with E-state index < -0.39 is 0 Å². The van der Waals surface area contributed by atoms with Crippen LogP contribution in [0.25, 0.3) is 0 Å². The molecule has 0 saturated carbocycles. The zero-order valence-electron chi connectivity index (χ0n) is 6.95. The van der Waals surface area contributed by atoms with Crippen LogP contribution in [0.2, 0.25) is 0 Å². The van der Waals surface area contributed by atoms with Crippen LogP contribution in [0.15, 0.2) is 18.2 Å². The average molecular weight is 291 g/mol. The van der Waals surface area contributed by atoms with Crippen LogP contribution < -0.4 is 4.74 Å². The minimum Gasteiger partial charge on any atom is -0.427 e. The third-order valence-electron chi connectivity index (χ3n) is 1.30. The molecular weight excluding hydrogens is 283 g/mol. The molecule has 0 spiro atoms. The van der Waals surface area contributed by atoms with E-state index in [1.165, 1.54) is 6.92 Å². The fourth-order valence-electron chi connectivity index (χ4n) is 0.884. The SMILES string of the molecule is CC(=O)Oc1cc(I)cc([CH]O)c1. The Morgan fingerprint density at radius 3 is 2.77 bits per heavy atom. The van der Waals surface area contributed by atoms with Gasteiger partial charge in [0, 0.05) is 10.5 Å². The largest absolute Gasteiger partial charge is 0.427 e. The number of carbonyl (C=O) groups is 1. The highest BCUT2D eigenvalue weighted by Crippen LogP contribution is 2.19. The molecule has 69 valence electrons. The van der Waals surface area contributed by atoms with E-state index >= 15 is 0 Å². The number of hydrogen-bond donors (Lipinski definition) is 1. The molecule has 1 aromatic rings. The Morgan fingerprint density at radius 2 is 2.23 bits per heavy atom. The van der Waals surface area contributed by atoms with E-state index in [1.807, 2.05) is 0 Å². The molecule has 0 fully saturated rings. The average Bonchev–Trinajstić information content (AvgIpc) is 2.01. The molecular formula is C9H8IO3. The van der Waals surface area contributed by atoms with E-state index in [0.29, 0.717) is 11.3 Å². The van der Waals surface area contributed by atoms with Gasteiger partial charge < -0.3 is 9.84 Å². The Balaban J connectivity index is 2.94. The van der Waals surface area contributed by atoms with Gasteiger partial charge in [-0.2, -0.15) is 0 Å². The zero-order chi connectivity index (χ0) is 9.84. The lowest BCUT2D eigenvalue weighted by Crippen LogP contribution is -2.01. The fourth-order valence-corrected chi connectivity index (χ4v) is 1.55. The third kappa shape index (κ3) is 3.31. The normalized spacial score (nSPS) is 9.77. The number of benzene rings is 1. The van der Waals surface area contributed by atoms with Gasteiger partial charge in [0.2, 0.25) is 0 Å². The predicted octanol–water partition coefficient (Wildman–Crippen LogP) is 2.10. The van der Waals surface area contributed by atoms with Crippen LogP contribution in [0.3, 0.4) is 0 Å². The first-order valence-electron chi connectivity index (χ1n) is 3.58. The maximum Gasteiger partial charge on any atom is 0.308 e. The summed E-state index contributed by atoms with van der Waals surface area (Å²) in [6, 6.07) is 5.08. The molecule has 0 aromatic heterocycles. The summed E-state index contributed by atoms with van der Waals surface area (Å²) in [6.07, 6.45) is 0. The van der Waals surface area contributed by atoms with Crippen molar-refractivity contribution >= 4 is 28.6 Å². The summed E-state index contributed by atoms with van der Waals surface area (Å²) in [5.41, 5.74) is 0.614. The standard InChI is InChI=1S/C9H8IO3/c1-6(12)13-9-3-7(5-11)2-8(10)4-9/h2-5,11H,1H3. The lowest BCUT2D eigenvalue weighted by atomic mass is 10.2. The van der Waals surface area contributed by atoms with Crippen LogP contribution in [0.4, 0.5) is 0 Å². The van der Waals surface area contributed by atoms with Gasteiger partial charge in [0.1, 0.15) is 12.4 Å². The van der Waals surface area contributed by atoms with Gasteiger partial charge in [-0.05, 0) is 46.4 Å². The van der Waals surface area contributed by atoms with Crippen molar-refractivity contribution < 1.29 is 14.6 Å². The van der Waals surface area contributed by atoms with E-state index in [-0.39, 0.29) is 5.97 Å². The topological polar surface area (TPSA) is 46.5 Å². The molecule has 0 amide bonds. The van der Waals surface area contributed by atoms with Crippen molar-refractivity contribution in [2.75, 3.05) is 0 Å². The summed E-state index contributed by atoms with van der Waals surface area (Å²) in [7, 11) is 0. The van der Waals surface area contributed by atoms with Gasteiger partial charge in [0.05, 0.1) is 0 Å². The Morgan fingerprint density at radius 1 is 1.54 bits per heavy atom. The molecule has 0 atom stereocenters. The molecule has 0 saturated heterocycles. The Labute approximate surface area is 89.9 Å². The molecule has 0 bridgehead atoms. The molecule has 0 aliphatic rings. The van der Waals surface area contributed by atoms with Gasteiger partial charge in [-0.1, -0.05) is 0 Å². The molecule has 4 heteroatoms. The van der Waals surface area contributed by atoms with Crippen molar-refractivity contribution in [2.24, 2.45) is 0 Å². The highest BCUT2D eigenvalue weighted by atomic mass is 127. The van der Waals surface area contributed by atoms with E-state index in [4.69, 9.17) is 9.84 Å². The molecule has 3 nitrogen and oxygen atoms in total. The Hall–Kier alpha value is -0.620. The van der Waals surface area contributed by atoms with Crippen molar-refractivity contribution in [1.29, 1.82) is 0 Å². The van der Waals surface area contributed by atoms with Gasteiger partial charge in [-0.25, -0.2) is 0 Å².